The highest BCUT2D eigenvalue weighted by molar-refractivity contribution is 5.47. The van der Waals surface area contributed by atoms with Crippen LogP contribution in [0.1, 0.15) is 52.4 Å². The van der Waals surface area contributed by atoms with Crippen molar-refractivity contribution in [1.82, 2.24) is 0 Å². The highest BCUT2D eigenvalue weighted by Gasteiger charge is 2.58. The molecule has 0 aromatic rings. The molecular weight excluding hydrogens is 218 g/mol. The van der Waals surface area contributed by atoms with E-state index < -0.39 is 6.16 Å². The number of carbonyl (C=O) groups excluding carboxylic acids is 1. The van der Waals surface area contributed by atoms with E-state index in [4.69, 9.17) is 20.7 Å². The molecule has 4 bridgehead atoms. The molecule has 4 aliphatic carbocycles. The van der Waals surface area contributed by atoms with Gasteiger partial charge < -0.3 is 20.7 Å². The van der Waals surface area contributed by atoms with Crippen LogP contribution in [0.15, 0.2) is 0 Å². The molecule has 4 nitrogen and oxygen atoms in total. The zero-order valence-corrected chi connectivity index (χ0v) is 10.6. The summed E-state index contributed by atoms with van der Waals surface area (Å²) in [5.74, 6) is 0.955. The van der Waals surface area contributed by atoms with Gasteiger partial charge in [-0.2, -0.15) is 0 Å². The minimum absolute atomic E-state index is 0.225. The van der Waals surface area contributed by atoms with Crippen LogP contribution in [-0.4, -0.2) is 11.7 Å². The Morgan fingerprint density at radius 1 is 1.06 bits per heavy atom. The highest BCUT2D eigenvalue weighted by Crippen LogP contribution is 2.65. The Kier molecular flexibility index (Phi) is 2.69. The number of nitrogens with two attached hydrogens (primary N) is 1. The standard InChI is InChI=1S/C12H21N.CH2O3/c1-10-3-9-4-11(2,6-10)8-12(13,5-9)7-10;2-1(3)4/h9H,3-8,13H2,1-2H3;(H2,2,3,4)/p-2. The van der Waals surface area contributed by atoms with Gasteiger partial charge in [-0.15, -0.1) is 0 Å². The normalized spacial score (nSPS) is 50.6. The van der Waals surface area contributed by atoms with Crippen molar-refractivity contribution < 1.29 is 15.0 Å². The predicted octanol–water partition coefficient (Wildman–Crippen LogP) is 0.247. The number of carboxylic acid groups (broad SMARTS) is 2. The lowest BCUT2D eigenvalue weighted by atomic mass is 9.43. The number of carbonyl (C=O) groups is 1. The second kappa shape index (κ2) is 3.61. The van der Waals surface area contributed by atoms with E-state index in [-0.39, 0.29) is 5.54 Å². The van der Waals surface area contributed by atoms with Crippen molar-refractivity contribution in [3.63, 3.8) is 0 Å². The Morgan fingerprint density at radius 3 is 1.76 bits per heavy atom. The third-order valence-corrected chi connectivity index (χ3v) is 4.67. The van der Waals surface area contributed by atoms with E-state index in [0.717, 1.165) is 5.92 Å². The summed E-state index contributed by atoms with van der Waals surface area (Å²) < 4.78 is 0. The van der Waals surface area contributed by atoms with Crippen LogP contribution in [-0.2, 0) is 0 Å². The van der Waals surface area contributed by atoms with Crippen LogP contribution < -0.4 is 15.9 Å². The van der Waals surface area contributed by atoms with Gasteiger partial charge in [-0.1, -0.05) is 13.8 Å². The molecule has 2 unspecified atom stereocenters. The third-order valence-electron chi connectivity index (χ3n) is 4.67. The molecule has 0 saturated heterocycles. The average Bonchev–Trinajstić information content (AvgIpc) is 1.90. The second-order valence-electron chi connectivity index (χ2n) is 7.24. The molecular formula is C13H21NO3-2. The van der Waals surface area contributed by atoms with Crippen LogP contribution in [0, 0.1) is 16.7 Å². The Hall–Kier alpha value is -0.770. The van der Waals surface area contributed by atoms with E-state index in [9.17, 15) is 0 Å². The van der Waals surface area contributed by atoms with Crippen LogP contribution in [0.3, 0.4) is 0 Å². The number of rotatable bonds is 0. The van der Waals surface area contributed by atoms with Gasteiger partial charge in [0.1, 0.15) is 0 Å². The van der Waals surface area contributed by atoms with Gasteiger partial charge in [-0.3, -0.25) is 0 Å². The first-order valence-corrected chi connectivity index (χ1v) is 6.31. The minimum Gasteiger partial charge on any atom is -0.652 e. The van der Waals surface area contributed by atoms with E-state index in [2.05, 4.69) is 13.8 Å². The first-order chi connectivity index (χ1) is 7.64. The molecule has 4 saturated carbocycles. The molecule has 0 aromatic heterocycles. The molecule has 4 aliphatic rings. The van der Waals surface area contributed by atoms with Crippen molar-refractivity contribution in [2.45, 2.75) is 57.9 Å². The average molecular weight is 239 g/mol. The Morgan fingerprint density at radius 2 is 1.47 bits per heavy atom. The van der Waals surface area contributed by atoms with Gasteiger partial charge in [0.15, 0.2) is 0 Å². The van der Waals surface area contributed by atoms with Crippen LogP contribution in [0.5, 0.6) is 0 Å². The van der Waals surface area contributed by atoms with E-state index in [0.29, 0.717) is 10.8 Å². The first-order valence-electron chi connectivity index (χ1n) is 6.31. The molecule has 2 atom stereocenters. The van der Waals surface area contributed by atoms with Gasteiger partial charge in [0.25, 0.3) is 0 Å². The van der Waals surface area contributed by atoms with Crippen molar-refractivity contribution in [3.05, 3.63) is 0 Å². The topological polar surface area (TPSA) is 89.2 Å². The molecule has 2 N–H and O–H groups in total. The molecule has 98 valence electrons. The SMILES string of the molecule is CC12CC3CC(C)(C1)CC(N)(C3)C2.O=C([O-])[O-]. The fraction of sp³-hybridized carbons (Fsp3) is 0.923. The maximum Gasteiger partial charge on any atom is 0.0167 e. The van der Waals surface area contributed by atoms with Crippen LogP contribution in [0.25, 0.3) is 0 Å². The van der Waals surface area contributed by atoms with Crippen LogP contribution >= 0.6 is 0 Å². The highest BCUT2D eigenvalue weighted by atomic mass is 16.6. The van der Waals surface area contributed by atoms with Crippen molar-refractivity contribution >= 4 is 6.16 Å². The molecule has 4 heteroatoms. The fourth-order valence-electron chi connectivity index (χ4n) is 5.54. The van der Waals surface area contributed by atoms with Gasteiger partial charge in [-0.05, 0) is 61.4 Å². The number of hydrogen-bond acceptors (Lipinski definition) is 4. The largest absolute Gasteiger partial charge is 0.652 e. The van der Waals surface area contributed by atoms with Crippen LogP contribution in [0.4, 0.5) is 4.79 Å². The summed E-state index contributed by atoms with van der Waals surface area (Å²) in [4.78, 5) is 8.33. The Labute approximate surface area is 102 Å². The maximum atomic E-state index is 8.33. The van der Waals surface area contributed by atoms with Crippen molar-refractivity contribution in [3.8, 4) is 0 Å². The van der Waals surface area contributed by atoms with Crippen molar-refractivity contribution in [1.29, 1.82) is 0 Å². The predicted molar refractivity (Wildman–Crippen MR) is 59.7 cm³/mol. The lowest BCUT2D eigenvalue weighted by Gasteiger charge is -2.64. The quantitative estimate of drug-likeness (QED) is 0.656. The van der Waals surface area contributed by atoms with E-state index in [1.54, 1.807) is 0 Å². The third kappa shape index (κ3) is 2.57. The summed E-state index contributed by atoms with van der Waals surface area (Å²) in [6, 6.07) is 0. The van der Waals surface area contributed by atoms with E-state index in [1.807, 2.05) is 0 Å². The van der Waals surface area contributed by atoms with Gasteiger partial charge in [0.05, 0.1) is 0 Å². The first kappa shape index (κ1) is 12.7. The molecule has 0 heterocycles. The second-order valence-corrected chi connectivity index (χ2v) is 7.24. The van der Waals surface area contributed by atoms with E-state index >= 15 is 0 Å². The van der Waals surface area contributed by atoms with Gasteiger partial charge in [-0.25, -0.2) is 0 Å². The molecule has 0 spiro atoms. The summed E-state index contributed by atoms with van der Waals surface area (Å²) in [5.41, 5.74) is 7.92. The molecule has 0 aliphatic heterocycles. The zero-order chi connectivity index (χ0) is 12.9. The Balaban J connectivity index is 0.000000239. The van der Waals surface area contributed by atoms with Gasteiger partial charge in [0.2, 0.25) is 0 Å². The molecule has 17 heavy (non-hydrogen) atoms. The summed E-state index contributed by atoms with van der Waals surface area (Å²) in [5, 5.41) is 16.7. The summed E-state index contributed by atoms with van der Waals surface area (Å²) in [6.45, 7) is 4.94. The lowest BCUT2D eigenvalue weighted by molar-refractivity contribution is -0.415. The van der Waals surface area contributed by atoms with Crippen molar-refractivity contribution in [2.24, 2.45) is 22.5 Å². The summed E-state index contributed by atoms with van der Waals surface area (Å²) >= 11 is 0. The molecule has 0 amide bonds. The fourth-order valence-corrected chi connectivity index (χ4v) is 5.54. The lowest BCUT2D eigenvalue weighted by Crippen LogP contribution is -2.62. The van der Waals surface area contributed by atoms with Gasteiger partial charge in [0, 0.05) is 5.54 Å². The molecule has 4 rings (SSSR count). The zero-order valence-electron chi connectivity index (χ0n) is 10.6. The van der Waals surface area contributed by atoms with Gasteiger partial charge >= 0.3 is 0 Å². The maximum absolute atomic E-state index is 8.33. The summed E-state index contributed by atoms with van der Waals surface area (Å²) in [6.07, 6.45) is 5.94. The smallest absolute Gasteiger partial charge is 0.0167 e. The van der Waals surface area contributed by atoms with Crippen LogP contribution in [0.2, 0.25) is 0 Å². The van der Waals surface area contributed by atoms with E-state index in [1.165, 1.54) is 38.5 Å². The number of hydrogen-bond donors (Lipinski definition) is 1. The molecule has 4 fully saturated rings. The molecule has 0 aromatic carbocycles. The minimum atomic E-state index is -2.33. The molecule has 0 radical (unpaired) electrons. The monoisotopic (exact) mass is 239 g/mol. The van der Waals surface area contributed by atoms with Crippen molar-refractivity contribution in [2.75, 3.05) is 0 Å². The Bertz CT molecular complexity index is 287. The summed E-state index contributed by atoms with van der Waals surface area (Å²) in [7, 11) is 0.